The summed E-state index contributed by atoms with van der Waals surface area (Å²) in [6.45, 7) is 5.55. The molecular formula is C30H34N4O4. The highest BCUT2D eigenvalue weighted by Gasteiger charge is 2.35. The lowest BCUT2D eigenvalue weighted by Gasteiger charge is -2.25. The lowest BCUT2D eigenvalue weighted by molar-refractivity contribution is -0.132. The van der Waals surface area contributed by atoms with Crippen LogP contribution in [0.15, 0.2) is 78.9 Å². The molecule has 3 aromatic carbocycles. The minimum atomic E-state index is -1.000. The van der Waals surface area contributed by atoms with Crippen LogP contribution in [0.1, 0.15) is 49.4 Å². The Morgan fingerprint density at radius 1 is 0.947 bits per heavy atom. The van der Waals surface area contributed by atoms with E-state index in [2.05, 4.69) is 29.8 Å². The molecule has 1 aliphatic heterocycles. The quantitative estimate of drug-likeness (QED) is 0.427. The molecule has 1 aliphatic rings. The van der Waals surface area contributed by atoms with Gasteiger partial charge in [-0.05, 0) is 47.7 Å². The molecule has 0 saturated heterocycles. The van der Waals surface area contributed by atoms with Crippen molar-refractivity contribution in [3.63, 3.8) is 0 Å². The highest BCUT2D eigenvalue weighted by molar-refractivity contribution is 6.00. The number of amides is 3. The molecule has 0 saturated carbocycles. The number of likely N-dealkylation sites (N-methyl/N-ethyl adjacent to an activating group) is 1. The van der Waals surface area contributed by atoms with E-state index in [9.17, 15) is 14.4 Å². The van der Waals surface area contributed by atoms with Crippen molar-refractivity contribution < 1.29 is 19.1 Å². The predicted octanol–water partition coefficient (Wildman–Crippen LogP) is 3.49. The van der Waals surface area contributed by atoms with Crippen LogP contribution in [0.25, 0.3) is 0 Å². The second-order valence-electron chi connectivity index (χ2n) is 9.71. The van der Waals surface area contributed by atoms with Crippen molar-refractivity contribution in [2.45, 2.75) is 44.9 Å². The van der Waals surface area contributed by atoms with Crippen LogP contribution in [0.2, 0.25) is 0 Å². The first-order valence-corrected chi connectivity index (χ1v) is 12.7. The van der Waals surface area contributed by atoms with E-state index in [0.717, 1.165) is 16.8 Å². The Morgan fingerprint density at radius 3 is 2.29 bits per heavy atom. The van der Waals surface area contributed by atoms with Crippen LogP contribution in [-0.4, -0.2) is 43.6 Å². The number of rotatable bonds is 8. The maximum Gasteiger partial charge on any atom is 0.264 e. The highest BCUT2D eigenvalue weighted by atomic mass is 16.5. The van der Waals surface area contributed by atoms with Crippen LogP contribution in [0, 0.1) is 0 Å². The highest BCUT2D eigenvalue weighted by Crippen LogP contribution is 2.33. The predicted molar refractivity (Wildman–Crippen MR) is 147 cm³/mol. The minimum absolute atomic E-state index is 0.229. The lowest BCUT2D eigenvalue weighted by atomic mass is 9.97. The van der Waals surface area contributed by atoms with Crippen LogP contribution in [0.3, 0.4) is 0 Å². The molecule has 1 heterocycles. The summed E-state index contributed by atoms with van der Waals surface area (Å²) in [5, 5.41) is 8.72. The summed E-state index contributed by atoms with van der Waals surface area (Å²) >= 11 is 0. The van der Waals surface area contributed by atoms with Gasteiger partial charge in [-0.25, -0.2) is 0 Å². The molecule has 0 bridgehead atoms. The summed E-state index contributed by atoms with van der Waals surface area (Å²) in [5.41, 5.74) is 3.82. The molecule has 3 atom stereocenters. The van der Waals surface area contributed by atoms with Crippen molar-refractivity contribution in [3.8, 4) is 5.75 Å². The van der Waals surface area contributed by atoms with Crippen LogP contribution in [-0.2, 0) is 14.4 Å². The van der Waals surface area contributed by atoms with E-state index in [1.54, 1.807) is 14.0 Å². The van der Waals surface area contributed by atoms with Crippen molar-refractivity contribution in [3.05, 3.63) is 95.6 Å². The molecule has 38 heavy (non-hydrogen) atoms. The van der Waals surface area contributed by atoms with E-state index < -0.39 is 24.0 Å². The molecule has 3 aromatic rings. The number of hydrogen-bond acceptors (Lipinski definition) is 5. The first kappa shape index (κ1) is 26.9. The zero-order chi connectivity index (χ0) is 27.2. The number of anilines is 1. The van der Waals surface area contributed by atoms with Crippen LogP contribution < -0.4 is 25.6 Å². The monoisotopic (exact) mass is 514 g/mol. The molecule has 0 radical (unpaired) electrons. The molecule has 8 heteroatoms. The Morgan fingerprint density at radius 2 is 1.61 bits per heavy atom. The van der Waals surface area contributed by atoms with Gasteiger partial charge in [0.05, 0.1) is 6.04 Å². The fraction of sp³-hybridized carbons (Fsp3) is 0.300. The average Bonchev–Trinajstić information content (AvgIpc) is 3.03. The standard InChI is InChI=1S/C30H34N4O4/c1-19(2)21-14-16-23(17-15-21)38-18-26(35)31-20(3)29(36)33-28-30(37)34(4)25-13-9-8-12-24(25)27(32-28)22-10-6-5-7-11-22/h5-17,19-20,27-28,32H,18H2,1-4H3,(H,31,35)(H,33,36). The Labute approximate surface area is 223 Å². The second kappa shape index (κ2) is 11.9. The number of nitrogens with zero attached hydrogens (tertiary/aromatic N) is 1. The molecule has 0 spiro atoms. The summed E-state index contributed by atoms with van der Waals surface area (Å²) in [4.78, 5) is 40.3. The van der Waals surface area contributed by atoms with Gasteiger partial charge in [0.15, 0.2) is 12.8 Å². The number of ether oxygens (including phenoxy) is 1. The van der Waals surface area contributed by atoms with Gasteiger partial charge < -0.3 is 20.3 Å². The zero-order valence-corrected chi connectivity index (χ0v) is 22.1. The SMILES string of the molecule is CC(NC(=O)COc1ccc(C(C)C)cc1)C(=O)NC1NC(c2ccccc2)c2ccccc2N(C)C1=O. The van der Waals surface area contributed by atoms with Crippen molar-refractivity contribution in [1.82, 2.24) is 16.0 Å². The molecule has 4 rings (SSSR count). The van der Waals surface area contributed by atoms with Crippen molar-refractivity contribution in [2.24, 2.45) is 0 Å². The molecule has 3 unspecified atom stereocenters. The molecule has 8 nitrogen and oxygen atoms in total. The molecule has 0 fully saturated rings. The van der Waals surface area contributed by atoms with Gasteiger partial charge in [-0.1, -0.05) is 74.5 Å². The first-order chi connectivity index (χ1) is 18.2. The van der Waals surface area contributed by atoms with Crippen molar-refractivity contribution in [2.75, 3.05) is 18.6 Å². The lowest BCUT2D eigenvalue weighted by Crippen LogP contribution is -2.58. The van der Waals surface area contributed by atoms with E-state index in [1.807, 2.05) is 78.9 Å². The van der Waals surface area contributed by atoms with Gasteiger partial charge in [0.25, 0.3) is 11.8 Å². The maximum absolute atomic E-state index is 13.3. The third-order valence-corrected chi connectivity index (χ3v) is 6.63. The number of hydrogen-bond donors (Lipinski definition) is 3. The molecule has 0 aliphatic carbocycles. The van der Waals surface area contributed by atoms with Gasteiger partial charge in [0.2, 0.25) is 5.91 Å². The van der Waals surface area contributed by atoms with Gasteiger partial charge in [0.1, 0.15) is 11.8 Å². The van der Waals surface area contributed by atoms with Gasteiger partial charge in [0, 0.05) is 12.7 Å². The van der Waals surface area contributed by atoms with Gasteiger partial charge in [-0.2, -0.15) is 0 Å². The first-order valence-electron chi connectivity index (χ1n) is 12.7. The number of nitrogens with one attached hydrogen (secondary N) is 3. The van der Waals surface area contributed by atoms with Gasteiger partial charge in [-0.3, -0.25) is 19.7 Å². The molecule has 198 valence electrons. The maximum atomic E-state index is 13.3. The third-order valence-electron chi connectivity index (χ3n) is 6.63. The van der Waals surface area contributed by atoms with Crippen LogP contribution in [0.5, 0.6) is 5.75 Å². The summed E-state index contributed by atoms with van der Waals surface area (Å²) < 4.78 is 5.56. The largest absolute Gasteiger partial charge is 0.484 e. The van der Waals surface area contributed by atoms with Gasteiger partial charge in [-0.15, -0.1) is 0 Å². The number of fused-ring (bicyclic) bond motifs is 1. The summed E-state index contributed by atoms with van der Waals surface area (Å²) in [6.07, 6.45) is -1.000. The second-order valence-corrected chi connectivity index (χ2v) is 9.71. The topological polar surface area (TPSA) is 99.8 Å². The number of benzene rings is 3. The number of carbonyl (C=O) groups excluding carboxylic acids is 3. The fourth-order valence-electron chi connectivity index (χ4n) is 4.42. The van der Waals surface area contributed by atoms with Gasteiger partial charge >= 0.3 is 0 Å². The number of para-hydroxylation sites is 1. The Bertz CT molecular complexity index is 1280. The summed E-state index contributed by atoms with van der Waals surface area (Å²) in [7, 11) is 1.69. The van der Waals surface area contributed by atoms with E-state index in [4.69, 9.17) is 4.74 Å². The van der Waals surface area contributed by atoms with E-state index in [1.165, 1.54) is 10.5 Å². The molecule has 0 aromatic heterocycles. The van der Waals surface area contributed by atoms with Crippen LogP contribution in [0.4, 0.5) is 5.69 Å². The average molecular weight is 515 g/mol. The fourth-order valence-corrected chi connectivity index (χ4v) is 4.42. The van der Waals surface area contributed by atoms with Crippen LogP contribution >= 0.6 is 0 Å². The molecule has 3 N–H and O–H groups in total. The minimum Gasteiger partial charge on any atom is -0.484 e. The Hall–Kier alpha value is -4.17. The Kier molecular flexibility index (Phi) is 8.43. The Balaban J connectivity index is 1.40. The number of carbonyl (C=O) groups is 3. The summed E-state index contributed by atoms with van der Waals surface area (Å²) in [6, 6.07) is 23.7. The third kappa shape index (κ3) is 6.20. The van der Waals surface area contributed by atoms with E-state index in [-0.39, 0.29) is 18.6 Å². The normalized spacial score (nSPS) is 17.8. The van der Waals surface area contributed by atoms with Crippen molar-refractivity contribution in [1.29, 1.82) is 0 Å². The summed E-state index contributed by atoms with van der Waals surface area (Å²) in [5.74, 6) is -0.261. The van der Waals surface area contributed by atoms with Crippen molar-refractivity contribution >= 4 is 23.4 Å². The molecular weight excluding hydrogens is 480 g/mol. The van der Waals surface area contributed by atoms with E-state index >= 15 is 0 Å². The molecule has 3 amide bonds. The smallest absolute Gasteiger partial charge is 0.264 e. The van der Waals surface area contributed by atoms with E-state index in [0.29, 0.717) is 11.7 Å². The zero-order valence-electron chi connectivity index (χ0n) is 22.1.